The highest BCUT2D eigenvalue weighted by atomic mass is 32.1. The topological polar surface area (TPSA) is 46.6 Å². The Balaban J connectivity index is 1.75. The normalized spacial score (nSPS) is 18.5. The smallest absolute Gasteiger partial charge is 0.310 e. The van der Waals surface area contributed by atoms with Gasteiger partial charge >= 0.3 is 5.97 Å². The van der Waals surface area contributed by atoms with Crippen molar-refractivity contribution in [2.75, 3.05) is 19.7 Å². The fourth-order valence-corrected chi connectivity index (χ4v) is 3.43. The maximum Gasteiger partial charge on any atom is 0.310 e. The number of hydrogen-bond acceptors (Lipinski definition) is 4. The van der Waals surface area contributed by atoms with Gasteiger partial charge in [-0.25, -0.2) is 0 Å². The van der Waals surface area contributed by atoms with Crippen molar-refractivity contribution in [3.8, 4) is 0 Å². The minimum atomic E-state index is -0.159. The van der Waals surface area contributed by atoms with E-state index in [4.69, 9.17) is 4.74 Å². The lowest BCUT2D eigenvalue weighted by atomic mass is 9.97. The van der Waals surface area contributed by atoms with E-state index in [0.29, 0.717) is 19.6 Å². The number of aryl methyl sites for hydroxylation is 1. The van der Waals surface area contributed by atoms with Crippen LogP contribution in [0, 0.1) is 5.92 Å². The molecule has 1 atom stereocenters. The first kappa shape index (κ1) is 16.0. The first-order chi connectivity index (χ1) is 10.2. The number of esters is 1. The summed E-state index contributed by atoms with van der Waals surface area (Å²) in [5.74, 6) is -0.130. The minimum Gasteiger partial charge on any atom is -0.466 e. The van der Waals surface area contributed by atoms with E-state index >= 15 is 0 Å². The highest BCUT2D eigenvalue weighted by molar-refractivity contribution is 7.09. The van der Waals surface area contributed by atoms with Gasteiger partial charge in [-0.2, -0.15) is 0 Å². The van der Waals surface area contributed by atoms with Gasteiger partial charge in [-0.3, -0.25) is 9.59 Å². The highest BCUT2D eigenvalue weighted by Crippen LogP contribution is 2.19. The van der Waals surface area contributed by atoms with Crippen LogP contribution in [0.1, 0.15) is 37.5 Å². The van der Waals surface area contributed by atoms with Crippen LogP contribution in [-0.4, -0.2) is 36.5 Å². The zero-order valence-electron chi connectivity index (χ0n) is 12.5. The van der Waals surface area contributed by atoms with Crippen LogP contribution in [0.2, 0.25) is 0 Å². The number of likely N-dealkylation sites (tertiary alicyclic amines) is 1. The van der Waals surface area contributed by atoms with Gasteiger partial charge in [0, 0.05) is 24.4 Å². The summed E-state index contributed by atoms with van der Waals surface area (Å²) in [5.41, 5.74) is 0. The molecule has 0 bridgehead atoms. The monoisotopic (exact) mass is 309 g/mol. The van der Waals surface area contributed by atoms with Crippen molar-refractivity contribution >= 4 is 23.2 Å². The van der Waals surface area contributed by atoms with E-state index in [2.05, 4.69) is 11.4 Å². The number of carbonyl (C=O) groups is 2. The number of piperidine rings is 1. The number of rotatable bonds is 6. The standard InChI is InChI=1S/C16H23NO3S/c1-2-20-16(19)13-6-4-10-17(12-13)15(18)9-3-7-14-8-5-11-21-14/h5,8,11,13H,2-4,6-7,9-10,12H2,1H3/t13-/m0/s1. The predicted octanol–water partition coefficient (Wildman–Crippen LogP) is 2.87. The fourth-order valence-electron chi connectivity index (χ4n) is 2.68. The molecule has 116 valence electrons. The lowest BCUT2D eigenvalue weighted by Crippen LogP contribution is -2.42. The van der Waals surface area contributed by atoms with Crippen LogP contribution >= 0.6 is 11.3 Å². The molecule has 2 heterocycles. The van der Waals surface area contributed by atoms with Gasteiger partial charge in [0.2, 0.25) is 5.91 Å². The van der Waals surface area contributed by atoms with Crippen LogP contribution < -0.4 is 0 Å². The van der Waals surface area contributed by atoms with E-state index in [1.807, 2.05) is 17.9 Å². The van der Waals surface area contributed by atoms with Crippen LogP contribution in [0.4, 0.5) is 0 Å². The third-order valence-corrected chi connectivity index (χ3v) is 4.72. The zero-order chi connectivity index (χ0) is 15.1. The molecule has 0 radical (unpaired) electrons. The summed E-state index contributed by atoms with van der Waals surface area (Å²) in [7, 11) is 0. The molecule has 0 aliphatic carbocycles. The molecule has 21 heavy (non-hydrogen) atoms. The van der Waals surface area contributed by atoms with Crippen molar-refractivity contribution in [1.82, 2.24) is 4.90 Å². The van der Waals surface area contributed by atoms with Crippen LogP contribution in [-0.2, 0) is 20.7 Å². The molecule has 1 aliphatic heterocycles. The lowest BCUT2D eigenvalue weighted by molar-refractivity contribution is -0.151. The number of thiophene rings is 1. The number of ether oxygens (including phenoxy) is 1. The minimum absolute atomic E-state index is 0.139. The summed E-state index contributed by atoms with van der Waals surface area (Å²) in [4.78, 5) is 27.2. The van der Waals surface area contributed by atoms with Crippen molar-refractivity contribution in [2.45, 2.75) is 39.0 Å². The lowest BCUT2D eigenvalue weighted by Gasteiger charge is -2.31. The second kappa shape index (κ2) is 8.17. The molecule has 0 aromatic carbocycles. The number of amides is 1. The molecule has 2 rings (SSSR count). The van der Waals surface area contributed by atoms with Gasteiger partial charge < -0.3 is 9.64 Å². The first-order valence-electron chi connectivity index (χ1n) is 7.67. The molecule has 4 nitrogen and oxygen atoms in total. The van der Waals surface area contributed by atoms with Crippen molar-refractivity contribution < 1.29 is 14.3 Å². The third kappa shape index (κ3) is 4.84. The van der Waals surface area contributed by atoms with Gasteiger partial charge in [-0.15, -0.1) is 11.3 Å². The van der Waals surface area contributed by atoms with E-state index < -0.39 is 0 Å². The first-order valence-corrected chi connectivity index (χ1v) is 8.55. The molecule has 0 N–H and O–H groups in total. The Labute approximate surface area is 130 Å². The fraction of sp³-hybridized carbons (Fsp3) is 0.625. The van der Waals surface area contributed by atoms with Gasteiger partial charge in [-0.05, 0) is 44.1 Å². The largest absolute Gasteiger partial charge is 0.466 e. The molecule has 1 aromatic rings. The Morgan fingerprint density at radius 2 is 2.33 bits per heavy atom. The molecule has 1 saturated heterocycles. The summed E-state index contributed by atoms with van der Waals surface area (Å²) in [6.45, 7) is 3.52. The Kier molecular flexibility index (Phi) is 6.23. The van der Waals surface area contributed by atoms with E-state index in [0.717, 1.165) is 32.2 Å². The summed E-state index contributed by atoms with van der Waals surface area (Å²) in [5, 5.41) is 2.06. The van der Waals surface area contributed by atoms with Crippen molar-refractivity contribution in [3.63, 3.8) is 0 Å². The summed E-state index contributed by atoms with van der Waals surface area (Å²) < 4.78 is 5.06. The molecular weight excluding hydrogens is 286 g/mol. The molecule has 1 aromatic heterocycles. The molecule has 0 saturated carbocycles. The average Bonchev–Trinajstić information content (AvgIpc) is 3.01. The molecule has 0 unspecified atom stereocenters. The van der Waals surface area contributed by atoms with Crippen LogP contribution in [0.3, 0.4) is 0 Å². The Morgan fingerprint density at radius 1 is 1.48 bits per heavy atom. The highest BCUT2D eigenvalue weighted by Gasteiger charge is 2.28. The van der Waals surface area contributed by atoms with Crippen LogP contribution in [0.5, 0.6) is 0 Å². The molecule has 5 heteroatoms. The predicted molar refractivity (Wildman–Crippen MR) is 83.2 cm³/mol. The maximum absolute atomic E-state index is 12.2. The molecule has 1 amide bonds. The van der Waals surface area contributed by atoms with E-state index in [1.165, 1.54) is 4.88 Å². The molecule has 1 aliphatic rings. The van der Waals surface area contributed by atoms with Crippen LogP contribution in [0.15, 0.2) is 17.5 Å². The second-order valence-corrected chi connectivity index (χ2v) is 6.40. The van der Waals surface area contributed by atoms with Crippen LogP contribution in [0.25, 0.3) is 0 Å². The quantitative estimate of drug-likeness (QED) is 0.759. The Morgan fingerprint density at radius 3 is 3.05 bits per heavy atom. The van der Waals surface area contributed by atoms with E-state index in [9.17, 15) is 9.59 Å². The zero-order valence-corrected chi connectivity index (χ0v) is 13.4. The number of hydrogen-bond donors (Lipinski definition) is 0. The molecule has 0 spiro atoms. The van der Waals surface area contributed by atoms with Crippen molar-refractivity contribution in [2.24, 2.45) is 5.92 Å². The number of nitrogens with zero attached hydrogens (tertiary/aromatic N) is 1. The Bertz CT molecular complexity index is 458. The Hall–Kier alpha value is -1.36. The van der Waals surface area contributed by atoms with E-state index in [1.54, 1.807) is 11.3 Å². The van der Waals surface area contributed by atoms with Crippen molar-refractivity contribution in [1.29, 1.82) is 0 Å². The molecular formula is C16H23NO3S. The van der Waals surface area contributed by atoms with Crippen molar-refractivity contribution in [3.05, 3.63) is 22.4 Å². The number of carbonyl (C=O) groups excluding carboxylic acids is 2. The van der Waals surface area contributed by atoms with Gasteiger partial charge in [0.1, 0.15) is 0 Å². The van der Waals surface area contributed by atoms with E-state index in [-0.39, 0.29) is 17.8 Å². The SMILES string of the molecule is CCOC(=O)[C@H]1CCCN(C(=O)CCCc2cccs2)C1. The van der Waals surface area contributed by atoms with Gasteiger partial charge in [-0.1, -0.05) is 6.07 Å². The summed E-state index contributed by atoms with van der Waals surface area (Å²) in [6.07, 6.45) is 4.11. The summed E-state index contributed by atoms with van der Waals surface area (Å²) >= 11 is 1.73. The van der Waals surface area contributed by atoms with Gasteiger partial charge in [0.25, 0.3) is 0 Å². The third-order valence-electron chi connectivity index (χ3n) is 3.79. The summed E-state index contributed by atoms with van der Waals surface area (Å²) in [6, 6.07) is 4.14. The maximum atomic E-state index is 12.2. The van der Waals surface area contributed by atoms with Gasteiger partial charge in [0.15, 0.2) is 0 Å². The van der Waals surface area contributed by atoms with Gasteiger partial charge in [0.05, 0.1) is 12.5 Å². The molecule has 1 fully saturated rings. The average molecular weight is 309 g/mol. The second-order valence-electron chi connectivity index (χ2n) is 5.36.